The molecule has 4 aromatic heterocycles. The number of benzene rings is 2. The molecule has 6 aromatic rings. The fourth-order valence-corrected chi connectivity index (χ4v) is 5.45. The Bertz CT molecular complexity index is 1940. The summed E-state index contributed by atoms with van der Waals surface area (Å²) in [5.74, 6) is 0.868. The minimum Gasteiger partial charge on any atom is -0.269 e. The van der Waals surface area contributed by atoms with Crippen LogP contribution >= 0.6 is 11.8 Å². The van der Waals surface area contributed by atoms with E-state index in [1.807, 2.05) is 85.8 Å². The van der Waals surface area contributed by atoms with Crippen LogP contribution in [0, 0.1) is 20.8 Å². The first-order chi connectivity index (χ1) is 17.4. The molecular weight excluding hydrogens is 472 g/mol. The lowest BCUT2D eigenvalue weighted by atomic mass is 10.1. The highest BCUT2D eigenvalue weighted by Gasteiger charge is 2.19. The topological polar surface area (TPSA) is 86.6 Å². The lowest BCUT2D eigenvalue weighted by Crippen LogP contribution is -2.22. The van der Waals surface area contributed by atoms with E-state index in [1.165, 1.54) is 11.8 Å². The van der Waals surface area contributed by atoms with Crippen molar-refractivity contribution in [2.24, 2.45) is 0 Å². The molecule has 0 spiro atoms. The second kappa shape index (κ2) is 8.46. The molecule has 0 saturated carbocycles. The Morgan fingerprint density at radius 3 is 2.53 bits per heavy atom. The van der Waals surface area contributed by atoms with Crippen molar-refractivity contribution in [3.63, 3.8) is 0 Å². The second-order valence-corrected chi connectivity index (χ2v) is 9.74. The summed E-state index contributed by atoms with van der Waals surface area (Å²) in [6.07, 6.45) is 0. The standard InChI is InChI=1S/C27H22N6O2S/c1-16-11-12-21(17(2)13-16)32-25(35)20-8-4-5-9-22(20)33-26(32)29-30-27(33)36-15-19-14-24(34)31-18(3)7-6-10-23(31)28-19/h4-14H,15H2,1-3H3. The van der Waals surface area contributed by atoms with Gasteiger partial charge in [-0.3, -0.25) is 18.4 Å². The average Bonchev–Trinajstić information content (AvgIpc) is 3.28. The quantitative estimate of drug-likeness (QED) is 0.341. The molecule has 0 aliphatic rings. The minimum atomic E-state index is -0.145. The van der Waals surface area contributed by atoms with Crippen LogP contribution in [0.5, 0.6) is 0 Å². The summed E-state index contributed by atoms with van der Waals surface area (Å²) in [6.45, 7) is 5.89. The second-order valence-electron chi connectivity index (χ2n) is 8.80. The number of nitrogens with zero attached hydrogens (tertiary/aromatic N) is 6. The third-order valence-electron chi connectivity index (χ3n) is 6.27. The van der Waals surface area contributed by atoms with E-state index in [1.54, 1.807) is 15.0 Å². The molecule has 8 nitrogen and oxygen atoms in total. The zero-order valence-electron chi connectivity index (χ0n) is 20.0. The van der Waals surface area contributed by atoms with Gasteiger partial charge in [0.25, 0.3) is 11.1 Å². The maximum Gasteiger partial charge on any atom is 0.267 e. The van der Waals surface area contributed by atoms with Gasteiger partial charge in [0.1, 0.15) is 5.65 Å². The van der Waals surface area contributed by atoms with Crippen LogP contribution in [-0.4, -0.2) is 28.5 Å². The van der Waals surface area contributed by atoms with Crippen LogP contribution < -0.4 is 11.1 Å². The number of hydrogen-bond donors (Lipinski definition) is 0. The summed E-state index contributed by atoms with van der Waals surface area (Å²) < 4.78 is 5.12. The summed E-state index contributed by atoms with van der Waals surface area (Å²) in [6, 6.07) is 20.6. The van der Waals surface area contributed by atoms with Gasteiger partial charge in [-0.05, 0) is 56.7 Å². The molecule has 178 valence electrons. The van der Waals surface area contributed by atoms with Crippen LogP contribution in [0.4, 0.5) is 0 Å². The van der Waals surface area contributed by atoms with Crippen LogP contribution in [0.3, 0.4) is 0 Å². The molecule has 0 aliphatic heterocycles. The van der Waals surface area contributed by atoms with Gasteiger partial charge in [-0.2, -0.15) is 0 Å². The fraction of sp³-hybridized carbons (Fsp3) is 0.148. The molecule has 0 N–H and O–H groups in total. The van der Waals surface area contributed by atoms with Crippen LogP contribution in [0.1, 0.15) is 22.5 Å². The number of thioether (sulfide) groups is 1. The van der Waals surface area contributed by atoms with Crippen molar-refractivity contribution in [1.82, 2.24) is 28.5 Å². The first-order valence-corrected chi connectivity index (χ1v) is 12.5. The van der Waals surface area contributed by atoms with E-state index in [4.69, 9.17) is 0 Å². The maximum absolute atomic E-state index is 13.6. The molecule has 0 unspecified atom stereocenters. The van der Waals surface area contributed by atoms with Gasteiger partial charge in [0, 0.05) is 17.5 Å². The molecule has 0 bridgehead atoms. The predicted octanol–water partition coefficient (Wildman–Crippen LogP) is 4.26. The number of aromatic nitrogens is 6. The van der Waals surface area contributed by atoms with Crippen molar-refractivity contribution in [2.75, 3.05) is 0 Å². The summed E-state index contributed by atoms with van der Waals surface area (Å²) in [5, 5.41) is 10.1. The van der Waals surface area contributed by atoms with Gasteiger partial charge in [0.05, 0.1) is 22.3 Å². The van der Waals surface area contributed by atoms with Gasteiger partial charge in [-0.25, -0.2) is 9.55 Å². The molecule has 6 rings (SSSR count). The fourth-order valence-electron chi connectivity index (χ4n) is 4.62. The van der Waals surface area contributed by atoms with Crippen molar-refractivity contribution in [3.05, 3.63) is 110 Å². The van der Waals surface area contributed by atoms with Gasteiger partial charge in [0.2, 0.25) is 5.78 Å². The van der Waals surface area contributed by atoms with Gasteiger partial charge < -0.3 is 0 Å². The summed E-state index contributed by atoms with van der Waals surface area (Å²) in [7, 11) is 0. The number of fused-ring (bicyclic) bond motifs is 4. The van der Waals surface area contributed by atoms with E-state index in [2.05, 4.69) is 15.2 Å². The highest BCUT2D eigenvalue weighted by molar-refractivity contribution is 7.98. The molecule has 0 amide bonds. The predicted molar refractivity (Wildman–Crippen MR) is 141 cm³/mol. The first kappa shape index (κ1) is 22.2. The number of hydrogen-bond acceptors (Lipinski definition) is 6. The van der Waals surface area contributed by atoms with Crippen LogP contribution in [0.25, 0.3) is 28.0 Å². The zero-order valence-corrected chi connectivity index (χ0v) is 20.8. The van der Waals surface area contributed by atoms with E-state index in [0.29, 0.717) is 33.4 Å². The van der Waals surface area contributed by atoms with Crippen LogP contribution in [-0.2, 0) is 5.75 Å². The Morgan fingerprint density at radius 1 is 0.861 bits per heavy atom. The van der Waals surface area contributed by atoms with E-state index in [9.17, 15) is 9.59 Å². The first-order valence-electron chi connectivity index (χ1n) is 11.5. The Kier molecular flexibility index (Phi) is 5.22. The van der Waals surface area contributed by atoms with Crippen molar-refractivity contribution in [1.29, 1.82) is 0 Å². The summed E-state index contributed by atoms with van der Waals surface area (Å²) in [5.41, 5.74) is 5.43. The molecule has 36 heavy (non-hydrogen) atoms. The van der Waals surface area contributed by atoms with Crippen molar-refractivity contribution in [2.45, 2.75) is 31.7 Å². The normalized spacial score (nSPS) is 11.6. The largest absolute Gasteiger partial charge is 0.269 e. The lowest BCUT2D eigenvalue weighted by Gasteiger charge is -2.13. The van der Waals surface area contributed by atoms with Gasteiger partial charge in [0.15, 0.2) is 5.16 Å². The van der Waals surface area contributed by atoms with E-state index < -0.39 is 0 Å². The molecule has 0 atom stereocenters. The van der Waals surface area contributed by atoms with Gasteiger partial charge in [-0.15, -0.1) is 10.2 Å². The zero-order chi connectivity index (χ0) is 25.0. The molecule has 0 fully saturated rings. The number of pyridine rings is 1. The number of aryl methyl sites for hydroxylation is 3. The minimum absolute atomic E-state index is 0.117. The lowest BCUT2D eigenvalue weighted by molar-refractivity contribution is 0.925. The van der Waals surface area contributed by atoms with E-state index in [-0.39, 0.29) is 11.1 Å². The molecule has 2 aromatic carbocycles. The maximum atomic E-state index is 13.6. The highest BCUT2D eigenvalue weighted by atomic mass is 32.2. The molecular formula is C27H22N6O2S. The van der Waals surface area contributed by atoms with Crippen LogP contribution in [0.15, 0.2) is 81.5 Å². The molecule has 9 heteroatoms. The SMILES string of the molecule is Cc1ccc(-n2c(=O)c3ccccc3n3c(SCc4cc(=O)n5c(C)cccc5n4)nnc23)c(C)c1. The Morgan fingerprint density at radius 2 is 1.69 bits per heavy atom. The molecule has 0 aliphatic carbocycles. The third-order valence-corrected chi connectivity index (χ3v) is 7.23. The molecule has 4 heterocycles. The van der Waals surface area contributed by atoms with E-state index in [0.717, 1.165) is 28.0 Å². The third kappa shape index (κ3) is 3.51. The monoisotopic (exact) mass is 494 g/mol. The Hall–Kier alpha value is -4.24. The van der Waals surface area contributed by atoms with E-state index >= 15 is 0 Å². The van der Waals surface area contributed by atoms with Gasteiger partial charge >= 0.3 is 0 Å². The Balaban J connectivity index is 1.51. The van der Waals surface area contributed by atoms with Crippen molar-refractivity contribution >= 4 is 34.1 Å². The summed E-state index contributed by atoms with van der Waals surface area (Å²) >= 11 is 1.43. The highest BCUT2D eigenvalue weighted by Crippen LogP contribution is 2.26. The van der Waals surface area contributed by atoms with Crippen molar-refractivity contribution in [3.8, 4) is 5.69 Å². The number of para-hydroxylation sites is 1. The molecule has 0 saturated heterocycles. The van der Waals surface area contributed by atoms with Crippen LogP contribution in [0.2, 0.25) is 0 Å². The average molecular weight is 495 g/mol. The Labute approximate surface area is 209 Å². The molecule has 0 radical (unpaired) electrons. The number of rotatable bonds is 4. The smallest absolute Gasteiger partial charge is 0.267 e. The summed E-state index contributed by atoms with van der Waals surface area (Å²) in [4.78, 5) is 31.0. The van der Waals surface area contributed by atoms with Crippen molar-refractivity contribution < 1.29 is 0 Å². The van der Waals surface area contributed by atoms with Gasteiger partial charge in [-0.1, -0.05) is 47.7 Å².